The van der Waals surface area contributed by atoms with Gasteiger partial charge < -0.3 is 14.8 Å². The van der Waals surface area contributed by atoms with Crippen molar-refractivity contribution in [3.8, 4) is 5.75 Å². The van der Waals surface area contributed by atoms with Gasteiger partial charge in [-0.25, -0.2) is 0 Å². The fourth-order valence-electron chi connectivity index (χ4n) is 1.46. The third kappa shape index (κ3) is 5.52. The molecular weight excluding hydrogens is 214 g/mol. The van der Waals surface area contributed by atoms with Crippen LogP contribution in [0.3, 0.4) is 0 Å². The molecule has 0 fully saturated rings. The van der Waals surface area contributed by atoms with Crippen molar-refractivity contribution >= 4 is 0 Å². The van der Waals surface area contributed by atoms with Crippen LogP contribution in [0.4, 0.5) is 0 Å². The van der Waals surface area contributed by atoms with Crippen LogP contribution in [0.25, 0.3) is 0 Å². The molecule has 17 heavy (non-hydrogen) atoms. The van der Waals surface area contributed by atoms with E-state index >= 15 is 0 Å². The smallest absolute Gasteiger partial charge is 0.123 e. The second kappa shape index (κ2) is 7.87. The predicted octanol–water partition coefficient (Wildman–Crippen LogP) is 2.38. The van der Waals surface area contributed by atoms with Crippen molar-refractivity contribution < 1.29 is 9.47 Å². The molecule has 0 saturated heterocycles. The Kier molecular flexibility index (Phi) is 6.37. The zero-order valence-electron chi connectivity index (χ0n) is 10.7. The number of benzene rings is 1. The number of ether oxygens (including phenoxy) is 2. The molecule has 3 heteroatoms. The van der Waals surface area contributed by atoms with Crippen molar-refractivity contribution in [1.82, 2.24) is 5.32 Å². The maximum absolute atomic E-state index is 5.40. The van der Waals surface area contributed by atoms with Crippen LogP contribution in [0.15, 0.2) is 36.4 Å². The lowest BCUT2D eigenvalue weighted by Crippen LogP contribution is -2.19. The minimum atomic E-state index is 0.635. The molecule has 0 aliphatic carbocycles. The van der Waals surface area contributed by atoms with Gasteiger partial charge in [0.25, 0.3) is 0 Å². The molecule has 0 bridgehead atoms. The van der Waals surface area contributed by atoms with E-state index in [1.165, 1.54) is 0 Å². The molecule has 0 heterocycles. The molecule has 0 spiro atoms. The molecule has 1 N–H and O–H groups in total. The molecule has 1 rings (SSSR count). The van der Waals surface area contributed by atoms with E-state index in [2.05, 4.69) is 18.0 Å². The highest BCUT2D eigenvalue weighted by Crippen LogP contribution is 2.16. The SMILES string of the molecule is C=C(C)COCCNCc1ccccc1OC. The first-order chi connectivity index (χ1) is 8.24. The summed E-state index contributed by atoms with van der Waals surface area (Å²) in [5.41, 5.74) is 2.21. The molecule has 1 aromatic rings. The normalized spacial score (nSPS) is 10.2. The molecule has 0 aliphatic rings. The van der Waals surface area contributed by atoms with E-state index in [1.807, 2.05) is 25.1 Å². The fraction of sp³-hybridized carbons (Fsp3) is 0.429. The first-order valence-electron chi connectivity index (χ1n) is 5.78. The molecule has 0 amide bonds. The minimum Gasteiger partial charge on any atom is -0.496 e. The van der Waals surface area contributed by atoms with Crippen molar-refractivity contribution in [2.24, 2.45) is 0 Å². The maximum Gasteiger partial charge on any atom is 0.123 e. The summed E-state index contributed by atoms with van der Waals surface area (Å²) in [5, 5.41) is 3.32. The van der Waals surface area contributed by atoms with E-state index in [0.717, 1.165) is 30.0 Å². The average Bonchev–Trinajstić information content (AvgIpc) is 2.33. The Balaban J connectivity index is 2.19. The maximum atomic E-state index is 5.40. The second-order valence-electron chi connectivity index (χ2n) is 4.00. The summed E-state index contributed by atoms with van der Waals surface area (Å²) >= 11 is 0. The Morgan fingerprint density at radius 2 is 2.12 bits per heavy atom. The van der Waals surface area contributed by atoms with Crippen molar-refractivity contribution in [1.29, 1.82) is 0 Å². The third-order valence-electron chi connectivity index (χ3n) is 2.28. The lowest BCUT2D eigenvalue weighted by molar-refractivity contribution is 0.157. The molecule has 0 saturated carbocycles. The van der Waals surface area contributed by atoms with Crippen LogP contribution in [0.2, 0.25) is 0 Å². The summed E-state index contributed by atoms with van der Waals surface area (Å²) in [6.45, 7) is 8.69. The van der Waals surface area contributed by atoms with Crippen LogP contribution in [0.5, 0.6) is 5.75 Å². The van der Waals surface area contributed by atoms with E-state index in [9.17, 15) is 0 Å². The molecule has 3 nitrogen and oxygen atoms in total. The Labute approximate surface area is 103 Å². The van der Waals surface area contributed by atoms with Crippen molar-refractivity contribution in [2.45, 2.75) is 13.5 Å². The van der Waals surface area contributed by atoms with Crippen LogP contribution >= 0.6 is 0 Å². The van der Waals surface area contributed by atoms with Gasteiger partial charge in [-0.1, -0.05) is 30.4 Å². The first kappa shape index (κ1) is 13.7. The lowest BCUT2D eigenvalue weighted by atomic mass is 10.2. The van der Waals surface area contributed by atoms with Crippen LogP contribution in [-0.4, -0.2) is 26.9 Å². The molecule has 0 aromatic heterocycles. The van der Waals surface area contributed by atoms with Crippen molar-refractivity contribution in [2.75, 3.05) is 26.9 Å². The number of hydrogen-bond acceptors (Lipinski definition) is 3. The van der Waals surface area contributed by atoms with Crippen molar-refractivity contribution in [3.63, 3.8) is 0 Å². The van der Waals surface area contributed by atoms with Crippen LogP contribution in [0.1, 0.15) is 12.5 Å². The highest BCUT2D eigenvalue weighted by molar-refractivity contribution is 5.32. The standard InChI is InChI=1S/C14H21NO2/c1-12(2)11-17-9-8-15-10-13-6-4-5-7-14(13)16-3/h4-7,15H,1,8-11H2,2-3H3. The van der Waals surface area contributed by atoms with Gasteiger partial charge in [0.15, 0.2) is 0 Å². The van der Waals surface area contributed by atoms with Gasteiger partial charge in [-0.3, -0.25) is 0 Å². The fourth-order valence-corrected chi connectivity index (χ4v) is 1.46. The monoisotopic (exact) mass is 235 g/mol. The number of nitrogens with one attached hydrogen (secondary N) is 1. The first-order valence-corrected chi connectivity index (χ1v) is 5.78. The van der Waals surface area contributed by atoms with E-state index in [-0.39, 0.29) is 0 Å². The van der Waals surface area contributed by atoms with E-state index in [0.29, 0.717) is 13.2 Å². The Bertz CT molecular complexity index is 350. The second-order valence-corrected chi connectivity index (χ2v) is 4.00. The van der Waals surface area contributed by atoms with Gasteiger partial charge in [-0.15, -0.1) is 0 Å². The number of hydrogen-bond donors (Lipinski definition) is 1. The molecule has 0 atom stereocenters. The van der Waals surface area contributed by atoms with E-state index in [1.54, 1.807) is 7.11 Å². The molecule has 1 aromatic carbocycles. The zero-order valence-corrected chi connectivity index (χ0v) is 10.7. The Morgan fingerprint density at radius 1 is 1.35 bits per heavy atom. The molecule has 0 radical (unpaired) electrons. The number of methoxy groups -OCH3 is 1. The molecule has 94 valence electrons. The molecule has 0 unspecified atom stereocenters. The summed E-state index contributed by atoms with van der Waals surface area (Å²) in [5.74, 6) is 0.919. The van der Waals surface area contributed by atoms with Gasteiger partial charge in [0, 0.05) is 18.7 Å². The van der Waals surface area contributed by atoms with Gasteiger partial charge in [-0.05, 0) is 13.0 Å². The lowest BCUT2D eigenvalue weighted by Gasteiger charge is -2.09. The topological polar surface area (TPSA) is 30.5 Å². The minimum absolute atomic E-state index is 0.635. The zero-order chi connectivity index (χ0) is 12.5. The largest absolute Gasteiger partial charge is 0.496 e. The van der Waals surface area contributed by atoms with Gasteiger partial charge in [0.2, 0.25) is 0 Å². The summed E-state index contributed by atoms with van der Waals surface area (Å²) in [6, 6.07) is 8.00. The number of para-hydroxylation sites is 1. The highest BCUT2D eigenvalue weighted by atomic mass is 16.5. The van der Waals surface area contributed by atoms with E-state index < -0.39 is 0 Å². The van der Waals surface area contributed by atoms with Gasteiger partial charge in [0.1, 0.15) is 5.75 Å². The molecule has 0 aliphatic heterocycles. The summed E-state index contributed by atoms with van der Waals surface area (Å²) in [7, 11) is 1.69. The Morgan fingerprint density at radius 3 is 2.82 bits per heavy atom. The van der Waals surface area contributed by atoms with Crippen LogP contribution < -0.4 is 10.1 Å². The summed E-state index contributed by atoms with van der Waals surface area (Å²) in [6.07, 6.45) is 0. The van der Waals surface area contributed by atoms with Gasteiger partial charge in [0.05, 0.1) is 20.3 Å². The summed E-state index contributed by atoms with van der Waals surface area (Å²) in [4.78, 5) is 0. The Hall–Kier alpha value is -1.32. The van der Waals surface area contributed by atoms with Crippen LogP contribution in [-0.2, 0) is 11.3 Å². The van der Waals surface area contributed by atoms with Crippen LogP contribution in [0, 0.1) is 0 Å². The average molecular weight is 235 g/mol. The van der Waals surface area contributed by atoms with E-state index in [4.69, 9.17) is 9.47 Å². The van der Waals surface area contributed by atoms with Gasteiger partial charge in [-0.2, -0.15) is 0 Å². The molecular formula is C14H21NO2. The summed E-state index contributed by atoms with van der Waals surface area (Å²) < 4.78 is 10.7. The quantitative estimate of drug-likeness (QED) is 0.554. The van der Waals surface area contributed by atoms with Crippen molar-refractivity contribution in [3.05, 3.63) is 42.0 Å². The third-order valence-corrected chi connectivity index (χ3v) is 2.28. The van der Waals surface area contributed by atoms with Gasteiger partial charge >= 0.3 is 0 Å². The number of rotatable bonds is 8. The highest BCUT2D eigenvalue weighted by Gasteiger charge is 1.99. The predicted molar refractivity (Wildman–Crippen MR) is 70.3 cm³/mol.